The average Bonchev–Trinajstić information content (AvgIpc) is 3.03. The first kappa shape index (κ1) is 16.7. The Morgan fingerprint density at radius 3 is 1.43 bits per heavy atom. The van der Waals surface area contributed by atoms with Gasteiger partial charge in [-0.05, 0) is 0 Å². The molecule has 5 heteroatoms. The van der Waals surface area contributed by atoms with Crippen LogP contribution in [0.4, 0.5) is 0 Å². The van der Waals surface area contributed by atoms with Crippen molar-refractivity contribution in [3.8, 4) is 0 Å². The molecule has 1 aliphatic heterocycles. The minimum absolute atomic E-state index is 0.0794. The van der Waals surface area contributed by atoms with Gasteiger partial charge in [-0.3, -0.25) is 0 Å². The third-order valence-electron chi connectivity index (χ3n) is 3.02. The summed E-state index contributed by atoms with van der Waals surface area (Å²) in [5.41, 5.74) is 1.47. The summed E-state index contributed by atoms with van der Waals surface area (Å²) in [5.74, 6) is 0.159. The summed E-state index contributed by atoms with van der Waals surface area (Å²) in [5, 5.41) is 0. The van der Waals surface area contributed by atoms with E-state index in [1.165, 1.54) is 6.74 Å². The van der Waals surface area contributed by atoms with Crippen molar-refractivity contribution >= 4 is 52.8 Å². The maximum atomic E-state index is 12.2. The van der Waals surface area contributed by atoms with Crippen LogP contribution in [0.2, 0.25) is 0 Å². The van der Waals surface area contributed by atoms with Crippen LogP contribution in [0.15, 0.2) is 79.6 Å². The van der Waals surface area contributed by atoms with Crippen LogP contribution >= 0.6 is 0 Å². The molecule has 23 heavy (non-hydrogen) atoms. The van der Waals surface area contributed by atoms with Gasteiger partial charge in [-0.2, -0.15) is 0 Å². The first-order valence-electron chi connectivity index (χ1n) is 6.87. The van der Waals surface area contributed by atoms with Crippen LogP contribution in [0.25, 0.3) is 0 Å². The van der Waals surface area contributed by atoms with Crippen LogP contribution in [0.3, 0.4) is 0 Å². The van der Waals surface area contributed by atoms with Crippen molar-refractivity contribution in [1.29, 1.82) is 0 Å². The minimum atomic E-state index is 0.0794. The van der Waals surface area contributed by atoms with Gasteiger partial charge in [-0.25, -0.2) is 0 Å². The van der Waals surface area contributed by atoms with Gasteiger partial charge in [0.2, 0.25) is 0 Å². The van der Waals surface area contributed by atoms with Crippen molar-refractivity contribution in [2.75, 3.05) is 0 Å². The van der Waals surface area contributed by atoms with Gasteiger partial charge >= 0.3 is 153 Å². The van der Waals surface area contributed by atoms with Gasteiger partial charge in [0.1, 0.15) is 0 Å². The predicted octanol–water partition coefficient (Wildman–Crippen LogP) is 2.48. The molecule has 2 aromatic carbocycles. The van der Waals surface area contributed by atoms with Crippen molar-refractivity contribution < 1.29 is 9.59 Å². The number of carbonyl (C=O) groups excluding carboxylic acids is 2. The summed E-state index contributed by atoms with van der Waals surface area (Å²) >= 11 is 0.884. The number of hydrogen-bond acceptors (Lipinski definition) is 2. The second-order valence-electron chi connectivity index (χ2n) is 4.66. The van der Waals surface area contributed by atoms with E-state index in [4.69, 9.17) is 0 Å². The normalized spacial score (nSPS) is 17.6. The van der Waals surface area contributed by atoms with Gasteiger partial charge in [0.15, 0.2) is 0 Å². The quantitative estimate of drug-likeness (QED) is 0.370. The summed E-state index contributed by atoms with van der Waals surface area (Å²) < 4.78 is 2.51. The van der Waals surface area contributed by atoms with Gasteiger partial charge in [-0.15, -0.1) is 0 Å². The molecule has 0 aliphatic carbocycles. The zero-order valence-electron chi connectivity index (χ0n) is 12.0. The molecule has 0 spiro atoms. The Morgan fingerprint density at radius 2 is 1.04 bits per heavy atom. The van der Waals surface area contributed by atoms with E-state index in [2.05, 4.69) is 0 Å². The van der Waals surface area contributed by atoms with Crippen LogP contribution in [-0.2, 0) is 0 Å². The van der Waals surface area contributed by atoms with E-state index in [0.717, 1.165) is 11.1 Å². The third-order valence-corrected chi connectivity index (χ3v) is 19.7. The van der Waals surface area contributed by atoms with E-state index in [0.29, 0.717) is 26.3 Å². The van der Waals surface area contributed by atoms with Crippen LogP contribution in [0.1, 0.15) is 20.7 Å². The van der Waals surface area contributed by atoms with Crippen LogP contribution in [0, 0.1) is 0 Å². The van der Waals surface area contributed by atoms with E-state index >= 15 is 0 Å². The molecule has 3 rings (SSSR count). The molecule has 1 fully saturated rings. The molecule has 114 valence electrons. The Hall–Kier alpha value is -1.18. The Morgan fingerprint density at radius 1 is 0.652 bits per heavy atom. The molecule has 0 N–H and O–H groups in total. The molecule has 1 saturated heterocycles. The van der Waals surface area contributed by atoms with Gasteiger partial charge in [0.25, 0.3) is 0 Å². The van der Waals surface area contributed by atoms with Crippen molar-refractivity contribution in [2.45, 2.75) is 0 Å². The molecule has 0 aromatic heterocycles. The molecule has 0 bridgehead atoms. The number of carbonyl (C=O) groups is 2. The molecular weight excluding hydrogens is 485 g/mol. The monoisotopic (exact) mass is 500 g/mol. The summed E-state index contributed by atoms with van der Waals surface area (Å²) in [6.07, 6.45) is 3.59. The van der Waals surface area contributed by atoms with Crippen LogP contribution in [-0.4, -0.2) is 52.8 Å². The van der Waals surface area contributed by atoms with Gasteiger partial charge < -0.3 is 0 Å². The average molecular weight is 497 g/mol. The Bertz CT molecular complexity index is 713. The number of benzene rings is 2. The Balaban J connectivity index is 1.69. The summed E-state index contributed by atoms with van der Waals surface area (Å²) in [7, 11) is 0. The van der Waals surface area contributed by atoms with E-state index in [1.54, 1.807) is 12.2 Å². The number of rotatable bonds is 4. The molecule has 0 unspecified atom stereocenters. The third kappa shape index (κ3) is 4.65. The van der Waals surface area contributed by atoms with Crippen molar-refractivity contribution in [2.24, 2.45) is 0 Å². The van der Waals surface area contributed by atoms with Gasteiger partial charge in [-0.1, -0.05) is 0 Å². The molecule has 1 heterocycles. The van der Waals surface area contributed by atoms with Crippen LogP contribution < -0.4 is 0 Å². The second-order valence-corrected chi connectivity index (χ2v) is 15.7. The predicted molar refractivity (Wildman–Crippen MR) is 95.0 cm³/mol. The number of ketones is 2. The molecule has 1 aliphatic rings. The topological polar surface area (TPSA) is 34.1 Å². The molecule has 2 nitrogen and oxygen atoms in total. The van der Waals surface area contributed by atoms with E-state index in [9.17, 15) is 9.59 Å². The fraction of sp³-hybridized carbons (Fsp3) is 0. The maximum absolute atomic E-state index is 12.2. The molecule has 2 aromatic rings. The zero-order chi connectivity index (χ0) is 16.1. The van der Waals surface area contributed by atoms with Crippen molar-refractivity contribution in [1.82, 2.24) is 0 Å². The Kier molecular flexibility index (Phi) is 5.85. The summed E-state index contributed by atoms with van der Waals surface area (Å²) in [6.45, 7) is 0. The zero-order valence-corrected chi connectivity index (χ0v) is 17.1. The fourth-order valence-corrected chi connectivity index (χ4v) is 18.8. The first-order chi connectivity index (χ1) is 11.2. The standard InChI is InChI=1S/C18H12O2Se3/c19-15(13-7-3-1-4-8-13)11-17-21-18(23-22-17)12-16(20)14-9-5-2-6-10-14/h1-12H/b17-11-,18-12-. The SMILES string of the molecule is O=C(/C=C1\[Se][Se]/C(=C\C(=O)c2ccccc2)[Se]1)c1ccccc1. The van der Waals surface area contributed by atoms with Gasteiger partial charge in [0.05, 0.1) is 0 Å². The molecule has 0 saturated carbocycles. The molecular formula is C18H12O2Se3. The molecule has 0 radical (unpaired) electrons. The molecule has 0 atom stereocenters. The van der Waals surface area contributed by atoms with Crippen LogP contribution in [0.5, 0.6) is 0 Å². The summed E-state index contributed by atoms with van der Waals surface area (Å²) in [4.78, 5) is 24.4. The number of allylic oxidation sites excluding steroid dienone is 2. The second kappa shape index (κ2) is 8.08. The van der Waals surface area contributed by atoms with Gasteiger partial charge in [0, 0.05) is 0 Å². The first-order valence-corrected chi connectivity index (χ1v) is 14.6. The number of hydrogen-bond donors (Lipinski definition) is 0. The van der Waals surface area contributed by atoms with Crippen molar-refractivity contribution in [3.05, 3.63) is 90.7 Å². The molecule has 0 amide bonds. The van der Waals surface area contributed by atoms with E-state index in [-0.39, 0.29) is 26.5 Å². The van der Waals surface area contributed by atoms with E-state index in [1.807, 2.05) is 60.7 Å². The fourth-order valence-electron chi connectivity index (χ4n) is 1.91. The van der Waals surface area contributed by atoms with Crippen molar-refractivity contribution in [3.63, 3.8) is 0 Å². The van der Waals surface area contributed by atoms with E-state index < -0.39 is 0 Å². The Labute approximate surface area is 152 Å². The summed E-state index contributed by atoms with van der Waals surface area (Å²) in [6, 6.07) is 18.7.